The normalized spacial score (nSPS) is 13.5. The van der Waals surface area contributed by atoms with E-state index in [0.29, 0.717) is 6.42 Å². The van der Waals surface area contributed by atoms with Crippen molar-refractivity contribution in [3.05, 3.63) is 36.5 Å². The Morgan fingerprint density at radius 2 is 0.929 bits per heavy atom. The standard InChI is InChI=1S/C38H71NO3/c1-3-5-7-9-11-13-15-16-17-18-19-20-21-22-23-24-26-28-30-32-34-38(42)39-36(35-40)37(41)33-31-29-27-25-14-12-10-8-6-4-2/h14,19-20,25,31,33,36-37,40-41H,3-13,15-18,21-24,26-30,32,34-35H2,1-2H3,(H,39,42)/b20-19-,25-14+,33-31+. The van der Waals surface area contributed by atoms with Crippen LogP contribution in [-0.2, 0) is 4.79 Å². The second-order valence-corrected chi connectivity index (χ2v) is 12.3. The summed E-state index contributed by atoms with van der Waals surface area (Å²) < 4.78 is 0. The Morgan fingerprint density at radius 3 is 1.40 bits per heavy atom. The summed E-state index contributed by atoms with van der Waals surface area (Å²) in [4.78, 5) is 12.3. The number of nitrogens with one attached hydrogen (secondary N) is 1. The third-order valence-electron chi connectivity index (χ3n) is 8.10. The molecule has 3 N–H and O–H groups in total. The van der Waals surface area contributed by atoms with Gasteiger partial charge in [0.2, 0.25) is 5.91 Å². The zero-order valence-corrected chi connectivity index (χ0v) is 28.0. The molecule has 4 heteroatoms. The minimum Gasteiger partial charge on any atom is -0.394 e. The summed E-state index contributed by atoms with van der Waals surface area (Å²) in [5.41, 5.74) is 0. The maximum Gasteiger partial charge on any atom is 0.220 e. The molecule has 0 saturated heterocycles. The molecule has 0 bridgehead atoms. The molecule has 246 valence electrons. The van der Waals surface area contributed by atoms with E-state index in [2.05, 4.69) is 43.5 Å². The molecule has 2 atom stereocenters. The van der Waals surface area contributed by atoms with Gasteiger partial charge in [0.1, 0.15) is 0 Å². The van der Waals surface area contributed by atoms with E-state index in [1.54, 1.807) is 6.08 Å². The summed E-state index contributed by atoms with van der Waals surface area (Å²) in [6.45, 7) is 4.25. The van der Waals surface area contributed by atoms with Gasteiger partial charge in [0.25, 0.3) is 0 Å². The number of hydrogen-bond acceptors (Lipinski definition) is 3. The van der Waals surface area contributed by atoms with Gasteiger partial charge in [-0.2, -0.15) is 0 Å². The number of unbranched alkanes of at least 4 members (excludes halogenated alkanes) is 21. The summed E-state index contributed by atoms with van der Waals surface area (Å²) in [7, 11) is 0. The highest BCUT2D eigenvalue weighted by atomic mass is 16.3. The van der Waals surface area contributed by atoms with Crippen LogP contribution >= 0.6 is 0 Å². The van der Waals surface area contributed by atoms with E-state index in [1.165, 1.54) is 128 Å². The van der Waals surface area contributed by atoms with Crippen molar-refractivity contribution in [2.45, 2.75) is 193 Å². The zero-order valence-electron chi connectivity index (χ0n) is 28.0. The largest absolute Gasteiger partial charge is 0.394 e. The van der Waals surface area contributed by atoms with Gasteiger partial charge >= 0.3 is 0 Å². The van der Waals surface area contributed by atoms with Gasteiger partial charge < -0.3 is 15.5 Å². The first kappa shape index (κ1) is 40.6. The Balaban J connectivity index is 3.61. The van der Waals surface area contributed by atoms with Gasteiger partial charge in [-0.05, 0) is 57.8 Å². The van der Waals surface area contributed by atoms with E-state index in [9.17, 15) is 15.0 Å². The van der Waals surface area contributed by atoms with Crippen LogP contribution in [0.25, 0.3) is 0 Å². The molecule has 0 fully saturated rings. The highest BCUT2D eigenvalue weighted by Gasteiger charge is 2.17. The summed E-state index contributed by atoms with van der Waals surface area (Å²) in [6.07, 6.45) is 43.8. The van der Waals surface area contributed by atoms with Crippen LogP contribution in [0.15, 0.2) is 36.5 Å². The fourth-order valence-electron chi connectivity index (χ4n) is 5.25. The van der Waals surface area contributed by atoms with Crippen molar-refractivity contribution in [1.29, 1.82) is 0 Å². The summed E-state index contributed by atoms with van der Waals surface area (Å²) in [6, 6.07) is -0.637. The molecule has 0 aliphatic rings. The Hall–Kier alpha value is -1.39. The number of amides is 1. The van der Waals surface area contributed by atoms with Crippen molar-refractivity contribution in [3.8, 4) is 0 Å². The Labute approximate surface area is 261 Å². The maximum atomic E-state index is 12.3. The number of allylic oxidation sites excluding steroid dienone is 5. The lowest BCUT2D eigenvalue weighted by atomic mass is 10.1. The van der Waals surface area contributed by atoms with Gasteiger partial charge in [-0.3, -0.25) is 4.79 Å². The molecule has 1 amide bonds. The minimum absolute atomic E-state index is 0.0818. The van der Waals surface area contributed by atoms with Crippen LogP contribution in [-0.4, -0.2) is 34.9 Å². The van der Waals surface area contributed by atoms with Gasteiger partial charge in [-0.15, -0.1) is 0 Å². The van der Waals surface area contributed by atoms with Crippen molar-refractivity contribution >= 4 is 5.91 Å². The number of rotatable bonds is 32. The Morgan fingerprint density at radius 1 is 0.548 bits per heavy atom. The second-order valence-electron chi connectivity index (χ2n) is 12.3. The van der Waals surface area contributed by atoms with Crippen LogP contribution < -0.4 is 5.32 Å². The molecule has 0 radical (unpaired) electrons. The van der Waals surface area contributed by atoms with Crippen molar-refractivity contribution in [2.24, 2.45) is 0 Å². The fourth-order valence-corrected chi connectivity index (χ4v) is 5.25. The van der Waals surface area contributed by atoms with Crippen molar-refractivity contribution in [3.63, 3.8) is 0 Å². The highest BCUT2D eigenvalue weighted by Crippen LogP contribution is 2.13. The van der Waals surface area contributed by atoms with E-state index in [4.69, 9.17) is 0 Å². The SMILES string of the molecule is CCCCCC/C=C/CC/C=C/C(O)C(CO)NC(=O)CCCCCCCCC/C=C\CCCCCCCCCCC. The number of hydrogen-bond donors (Lipinski definition) is 3. The molecule has 0 aliphatic heterocycles. The summed E-state index contributed by atoms with van der Waals surface area (Å²) in [5, 5.41) is 22.8. The molecule has 0 heterocycles. The first-order chi connectivity index (χ1) is 20.7. The fraction of sp³-hybridized carbons (Fsp3) is 0.816. The molecule has 0 aromatic heterocycles. The van der Waals surface area contributed by atoms with Gasteiger partial charge in [0.15, 0.2) is 0 Å². The molecule has 0 rings (SSSR count). The third kappa shape index (κ3) is 30.1. The lowest BCUT2D eigenvalue weighted by molar-refractivity contribution is -0.123. The predicted octanol–water partition coefficient (Wildman–Crippen LogP) is 10.7. The predicted molar refractivity (Wildman–Crippen MR) is 184 cm³/mol. The topological polar surface area (TPSA) is 69.6 Å². The molecule has 0 saturated carbocycles. The molecule has 2 unspecified atom stereocenters. The second kappa shape index (κ2) is 34.1. The van der Waals surface area contributed by atoms with Gasteiger partial charge in [-0.1, -0.05) is 153 Å². The molecular weight excluding hydrogens is 518 g/mol. The molecular formula is C38H71NO3. The van der Waals surface area contributed by atoms with Gasteiger partial charge in [-0.25, -0.2) is 0 Å². The molecule has 0 spiro atoms. The van der Waals surface area contributed by atoms with Crippen LogP contribution in [0.1, 0.15) is 181 Å². The number of carbonyl (C=O) groups excluding carboxylic acids is 1. The number of carbonyl (C=O) groups is 1. The summed E-state index contributed by atoms with van der Waals surface area (Å²) >= 11 is 0. The van der Waals surface area contributed by atoms with Crippen LogP contribution in [0.3, 0.4) is 0 Å². The van der Waals surface area contributed by atoms with E-state index >= 15 is 0 Å². The third-order valence-corrected chi connectivity index (χ3v) is 8.10. The lowest BCUT2D eigenvalue weighted by Gasteiger charge is -2.19. The van der Waals surface area contributed by atoms with E-state index in [1.807, 2.05) is 6.08 Å². The average molecular weight is 590 g/mol. The molecule has 0 aromatic carbocycles. The van der Waals surface area contributed by atoms with E-state index in [0.717, 1.165) is 32.1 Å². The Bertz CT molecular complexity index is 642. The van der Waals surface area contributed by atoms with Gasteiger partial charge in [0, 0.05) is 6.42 Å². The monoisotopic (exact) mass is 590 g/mol. The number of aliphatic hydroxyl groups excluding tert-OH is 2. The quantitative estimate of drug-likeness (QED) is 0.0540. The van der Waals surface area contributed by atoms with Crippen molar-refractivity contribution < 1.29 is 15.0 Å². The van der Waals surface area contributed by atoms with Crippen LogP contribution in [0, 0.1) is 0 Å². The molecule has 0 aromatic rings. The highest BCUT2D eigenvalue weighted by molar-refractivity contribution is 5.76. The minimum atomic E-state index is -0.860. The summed E-state index contributed by atoms with van der Waals surface area (Å²) in [5.74, 6) is -0.0818. The molecule has 4 nitrogen and oxygen atoms in total. The van der Waals surface area contributed by atoms with Crippen molar-refractivity contribution in [1.82, 2.24) is 5.32 Å². The maximum absolute atomic E-state index is 12.3. The van der Waals surface area contributed by atoms with Crippen molar-refractivity contribution in [2.75, 3.05) is 6.61 Å². The Kier molecular flexibility index (Phi) is 33.0. The number of aliphatic hydroxyl groups is 2. The lowest BCUT2D eigenvalue weighted by Crippen LogP contribution is -2.45. The van der Waals surface area contributed by atoms with Gasteiger partial charge in [0.05, 0.1) is 18.8 Å². The van der Waals surface area contributed by atoms with Crippen LogP contribution in [0.5, 0.6) is 0 Å². The van der Waals surface area contributed by atoms with Crippen LogP contribution in [0.4, 0.5) is 0 Å². The van der Waals surface area contributed by atoms with Crippen LogP contribution in [0.2, 0.25) is 0 Å². The first-order valence-corrected chi connectivity index (χ1v) is 18.2. The first-order valence-electron chi connectivity index (χ1n) is 18.2. The van der Waals surface area contributed by atoms with E-state index in [-0.39, 0.29) is 12.5 Å². The van der Waals surface area contributed by atoms with E-state index < -0.39 is 12.1 Å². The zero-order chi connectivity index (χ0) is 30.8. The average Bonchev–Trinajstić information content (AvgIpc) is 2.99. The smallest absolute Gasteiger partial charge is 0.220 e. The molecule has 0 aliphatic carbocycles. The molecule has 42 heavy (non-hydrogen) atoms.